The van der Waals surface area contributed by atoms with Crippen molar-refractivity contribution in [2.24, 2.45) is 5.92 Å². The van der Waals surface area contributed by atoms with E-state index in [2.05, 4.69) is 31.3 Å². The van der Waals surface area contributed by atoms with E-state index in [9.17, 15) is 9.59 Å². The molecule has 0 aliphatic carbocycles. The Morgan fingerprint density at radius 2 is 1.76 bits per heavy atom. The summed E-state index contributed by atoms with van der Waals surface area (Å²) in [5.41, 5.74) is 2.06. The van der Waals surface area contributed by atoms with Gasteiger partial charge < -0.3 is 15.1 Å². The van der Waals surface area contributed by atoms with Crippen molar-refractivity contribution in [3.05, 3.63) is 29.8 Å². The molecule has 1 N–H and O–H groups in total. The van der Waals surface area contributed by atoms with Crippen molar-refractivity contribution >= 4 is 17.5 Å². The number of carbonyl (C=O) groups is 2. The zero-order valence-corrected chi connectivity index (χ0v) is 18.2. The number of benzene rings is 1. The van der Waals surface area contributed by atoms with Gasteiger partial charge in [0.1, 0.15) is 0 Å². The summed E-state index contributed by atoms with van der Waals surface area (Å²) in [6.45, 7) is 7.26. The van der Waals surface area contributed by atoms with Gasteiger partial charge in [-0.15, -0.1) is 0 Å². The van der Waals surface area contributed by atoms with Gasteiger partial charge >= 0.3 is 0 Å². The molecule has 2 heterocycles. The van der Waals surface area contributed by atoms with Crippen LogP contribution in [0.3, 0.4) is 0 Å². The smallest absolute Gasteiger partial charge is 0.240 e. The van der Waals surface area contributed by atoms with E-state index in [0.717, 1.165) is 75.8 Å². The quantitative estimate of drug-likeness (QED) is 0.832. The summed E-state index contributed by atoms with van der Waals surface area (Å²) in [5.74, 6) is 0.747. The second-order valence-electron chi connectivity index (χ2n) is 8.95. The number of para-hydroxylation sites is 1. The molecule has 5 nitrogen and oxygen atoms in total. The summed E-state index contributed by atoms with van der Waals surface area (Å²) in [6.07, 6.45) is 8.08. The van der Waals surface area contributed by atoms with Crippen LogP contribution in [0.15, 0.2) is 24.3 Å². The van der Waals surface area contributed by atoms with Crippen molar-refractivity contribution in [2.45, 2.75) is 77.8 Å². The zero-order valence-electron chi connectivity index (χ0n) is 18.2. The van der Waals surface area contributed by atoms with Crippen LogP contribution < -0.4 is 10.2 Å². The highest BCUT2D eigenvalue weighted by Gasteiger charge is 2.28. The van der Waals surface area contributed by atoms with E-state index in [-0.39, 0.29) is 17.9 Å². The van der Waals surface area contributed by atoms with Crippen LogP contribution in [0.25, 0.3) is 0 Å². The molecule has 0 radical (unpaired) electrons. The summed E-state index contributed by atoms with van der Waals surface area (Å²) in [5, 5.41) is 3.36. The second kappa shape index (κ2) is 10.8. The molecule has 1 fully saturated rings. The highest BCUT2D eigenvalue weighted by Crippen LogP contribution is 2.26. The van der Waals surface area contributed by atoms with E-state index in [1.54, 1.807) is 0 Å². The molecule has 0 aromatic heterocycles. The van der Waals surface area contributed by atoms with E-state index in [0.29, 0.717) is 18.9 Å². The van der Waals surface area contributed by atoms with Crippen molar-refractivity contribution in [1.29, 1.82) is 0 Å². The van der Waals surface area contributed by atoms with Gasteiger partial charge in [0.05, 0.1) is 6.04 Å². The first-order valence-corrected chi connectivity index (χ1v) is 11.5. The van der Waals surface area contributed by atoms with Crippen molar-refractivity contribution in [3.8, 4) is 0 Å². The van der Waals surface area contributed by atoms with Crippen LogP contribution >= 0.6 is 0 Å². The summed E-state index contributed by atoms with van der Waals surface area (Å²) < 4.78 is 0. The molecule has 1 saturated heterocycles. The molecular formula is C24H37N3O2. The molecule has 0 saturated carbocycles. The molecule has 1 aromatic carbocycles. The molecule has 0 spiro atoms. The maximum atomic E-state index is 13.2. The van der Waals surface area contributed by atoms with Gasteiger partial charge in [-0.25, -0.2) is 0 Å². The Morgan fingerprint density at radius 3 is 2.48 bits per heavy atom. The predicted octanol–water partition coefficient (Wildman–Crippen LogP) is 4.11. The van der Waals surface area contributed by atoms with Crippen LogP contribution in [0.1, 0.15) is 70.8 Å². The number of nitrogens with zero attached hydrogens (tertiary/aromatic N) is 2. The molecule has 1 atom stereocenters. The van der Waals surface area contributed by atoms with Gasteiger partial charge in [-0.3, -0.25) is 9.59 Å². The maximum absolute atomic E-state index is 13.2. The molecule has 160 valence electrons. The molecule has 5 heteroatoms. The number of rotatable bonds is 3. The summed E-state index contributed by atoms with van der Waals surface area (Å²) in [7, 11) is 0. The fraction of sp³-hybridized carbons (Fsp3) is 0.667. The Morgan fingerprint density at radius 1 is 1.03 bits per heavy atom. The van der Waals surface area contributed by atoms with E-state index >= 15 is 0 Å². The first kappa shape index (κ1) is 21.8. The SMILES string of the molecule is CC(C)CC(=O)N1CCCCCCCN(C(=O)[C@H]2CCCN2)Cc2ccccc21. The fourth-order valence-corrected chi connectivity index (χ4v) is 4.44. The number of fused-ring (bicyclic) bond motifs is 1. The first-order valence-electron chi connectivity index (χ1n) is 11.5. The number of amides is 2. The van der Waals surface area contributed by atoms with Gasteiger partial charge in [-0.05, 0) is 49.8 Å². The van der Waals surface area contributed by atoms with Crippen molar-refractivity contribution < 1.29 is 9.59 Å². The zero-order chi connectivity index (χ0) is 20.6. The minimum Gasteiger partial charge on any atom is -0.337 e. The minimum absolute atomic E-state index is 0.0475. The second-order valence-corrected chi connectivity index (χ2v) is 8.95. The van der Waals surface area contributed by atoms with Crippen molar-refractivity contribution in [3.63, 3.8) is 0 Å². The molecule has 0 bridgehead atoms. The number of carbonyl (C=O) groups excluding carboxylic acids is 2. The van der Waals surface area contributed by atoms with Gasteiger partial charge in [0.25, 0.3) is 0 Å². The van der Waals surface area contributed by atoms with Gasteiger partial charge in [0.2, 0.25) is 11.8 Å². The monoisotopic (exact) mass is 399 g/mol. The van der Waals surface area contributed by atoms with E-state index < -0.39 is 0 Å². The number of hydrogen-bond acceptors (Lipinski definition) is 3. The predicted molar refractivity (Wildman–Crippen MR) is 118 cm³/mol. The molecule has 2 aliphatic rings. The van der Waals surface area contributed by atoms with Crippen LogP contribution in [-0.2, 0) is 16.1 Å². The number of hydrogen-bond donors (Lipinski definition) is 1. The molecule has 2 amide bonds. The third-order valence-corrected chi connectivity index (χ3v) is 6.01. The molecular weight excluding hydrogens is 362 g/mol. The topological polar surface area (TPSA) is 52.7 Å². The van der Waals surface area contributed by atoms with E-state index in [1.807, 2.05) is 21.9 Å². The van der Waals surface area contributed by atoms with Crippen LogP contribution in [-0.4, -0.2) is 42.4 Å². The Balaban J connectivity index is 1.88. The summed E-state index contributed by atoms with van der Waals surface area (Å²) >= 11 is 0. The molecule has 2 aliphatic heterocycles. The van der Waals surface area contributed by atoms with Gasteiger partial charge in [-0.2, -0.15) is 0 Å². The lowest BCUT2D eigenvalue weighted by atomic mass is 10.0. The Hall–Kier alpha value is -1.88. The van der Waals surface area contributed by atoms with Crippen LogP contribution in [0.4, 0.5) is 5.69 Å². The Bertz CT molecular complexity index is 682. The fourth-order valence-electron chi connectivity index (χ4n) is 4.44. The summed E-state index contributed by atoms with van der Waals surface area (Å²) in [4.78, 5) is 30.2. The van der Waals surface area contributed by atoms with Gasteiger partial charge in [0.15, 0.2) is 0 Å². The molecule has 1 aromatic rings. The molecule has 0 unspecified atom stereocenters. The van der Waals surface area contributed by atoms with E-state index in [1.165, 1.54) is 0 Å². The van der Waals surface area contributed by atoms with Crippen LogP contribution in [0, 0.1) is 5.92 Å². The minimum atomic E-state index is -0.0475. The lowest BCUT2D eigenvalue weighted by Crippen LogP contribution is -2.44. The Kier molecular flexibility index (Phi) is 8.10. The maximum Gasteiger partial charge on any atom is 0.240 e. The summed E-state index contributed by atoms with van der Waals surface area (Å²) in [6, 6.07) is 8.11. The van der Waals surface area contributed by atoms with Crippen molar-refractivity contribution in [2.75, 3.05) is 24.5 Å². The molecule has 3 rings (SSSR count). The largest absolute Gasteiger partial charge is 0.337 e. The van der Waals surface area contributed by atoms with Crippen LogP contribution in [0.2, 0.25) is 0 Å². The normalized spacial score (nSPS) is 21.4. The average molecular weight is 400 g/mol. The highest BCUT2D eigenvalue weighted by molar-refractivity contribution is 5.94. The Labute approximate surface area is 175 Å². The lowest BCUT2D eigenvalue weighted by Gasteiger charge is -2.31. The average Bonchev–Trinajstić information content (AvgIpc) is 3.22. The molecule has 29 heavy (non-hydrogen) atoms. The van der Waals surface area contributed by atoms with Crippen LogP contribution in [0.5, 0.6) is 0 Å². The third kappa shape index (κ3) is 6.05. The lowest BCUT2D eigenvalue weighted by molar-refractivity contribution is -0.133. The first-order chi connectivity index (χ1) is 14.1. The standard InChI is InChI=1S/C24H37N3O2/c1-19(2)17-23(28)27-16-9-5-3-4-8-15-26(24(29)21-12-10-14-25-21)18-20-11-6-7-13-22(20)27/h6-7,11,13,19,21,25H,3-5,8-10,12,14-18H2,1-2H3/t21-/m1/s1. The number of nitrogens with one attached hydrogen (secondary N) is 1. The van der Waals surface area contributed by atoms with E-state index in [4.69, 9.17) is 0 Å². The van der Waals surface area contributed by atoms with Gasteiger partial charge in [-0.1, -0.05) is 51.3 Å². The van der Waals surface area contributed by atoms with Gasteiger partial charge in [0, 0.05) is 31.7 Å². The number of anilines is 1. The highest BCUT2D eigenvalue weighted by atomic mass is 16.2. The third-order valence-electron chi connectivity index (χ3n) is 6.01. The van der Waals surface area contributed by atoms with Crippen molar-refractivity contribution in [1.82, 2.24) is 10.2 Å².